The van der Waals surface area contributed by atoms with Crippen LogP contribution in [-0.2, 0) is 42.2 Å². The molecule has 2 saturated carbocycles. The summed E-state index contributed by atoms with van der Waals surface area (Å²) in [6, 6.07) is 1.40. The van der Waals surface area contributed by atoms with E-state index in [0.717, 1.165) is 36.8 Å². The van der Waals surface area contributed by atoms with E-state index >= 15 is 0 Å². The van der Waals surface area contributed by atoms with E-state index in [1.807, 2.05) is 12.2 Å². The zero-order valence-corrected chi connectivity index (χ0v) is 27.0. The molecule has 0 spiro atoms. The fourth-order valence-electron chi connectivity index (χ4n) is 6.50. The van der Waals surface area contributed by atoms with Gasteiger partial charge >= 0.3 is 6.09 Å². The summed E-state index contributed by atoms with van der Waals surface area (Å²) in [5.74, 6) is -2.27. The maximum absolute atomic E-state index is 13.9. The molecule has 1 aromatic rings. The van der Waals surface area contributed by atoms with E-state index in [0.29, 0.717) is 29.3 Å². The first-order valence-electron chi connectivity index (χ1n) is 15.4. The Balaban J connectivity index is 1.20. The van der Waals surface area contributed by atoms with E-state index in [2.05, 4.69) is 10.0 Å². The highest BCUT2D eigenvalue weighted by atomic mass is 35.5. The first kappa shape index (κ1) is 32.1. The van der Waals surface area contributed by atoms with E-state index in [1.54, 1.807) is 12.1 Å². The van der Waals surface area contributed by atoms with Crippen LogP contribution in [0.4, 0.5) is 4.79 Å². The molecule has 1 aromatic carbocycles. The molecule has 0 aromatic heterocycles. The second kappa shape index (κ2) is 12.4. The number of carbonyl (C=O) groups excluding carboxylic acids is 4. The minimum atomic E-state index is -3.85. The first-order chi connectivity index (χ1) is 21.4. The van der Waals surface area contributed by atoms with Gasteiger partial charge in [0.25, 0.3) is 5.91 Å². The van der Waals surface area contributed by atoms with E-state index < -0.39 is 68.7 Å². The summed E-state index contributed by atoms with van der Waals surface area (Å²) in [6.45, 7) is 0.347. The first-order valence-corrected chi connectivity index (χ1v) is 17.7. The molecule has 6 rings (SSSR count). The number of halogens is 2. The van der Waals surface area contributed by atoms with Crippen molar-refractivity contribution in [2.45, 2.75) is 99.9 Å². The molecule has 4 amide bonds. The Morgan fingerprint density at radius 3 is 2.40 bits per heavy atom. The van der Waals surface area contributed by atoms with Crippen molar-refractivity contribution in [2.24, 2.45) is 11.7 Å². The summed E-state index contributed by atoms with van der Waals surface area (Å²) in [4.78, 5) is 56.9. The van der Waals surface area contributed by atoms with Gasteiger partial charge in [0.1, 0.15) is 17.7 Å². The number of nitrogens with one attached hydrogen (secondary N) is 2. The van der Waals surface area contributed by atoms with E-state index in [1.165, 1.54) is 9.80 Å². The third-order valence-corrected chi connectivity index (χ3v) is 12.0. The van der Waals surface area contributed by atoms with Gasteiger partial charge in [0.05, 0.1) is 30.9 Å². The lowest BCUT2D eigenvalue weighted by Crippen LogP contribution is -2.57. The zero-order valence-electron chi connectivity index (χ0n) is 24.7. The molecule has 5 atom stereocenters. The summed E-state index contributed by atoms with van der Waals surface area (Å²) in [5.41, 5.74) is 6.29. The number of rotatable bonds is 4. The van der Waals surface area contributed by atoms with Crippen LogP contribution in [0.5, 0.6) is 0 Å². The number of carbonyl (C=O) groups is 4. The van der Waals surface area contributed by atoms with Crippen LogP contribution in [0.1, 0.15) is 68.9 Å². The molecule has 0 radical (unpaired) electrons. The minimum Gasteiger partial charge on any atom is -0.444 e. The molecule has 3 heterocycles. The quantitative estimate of drug-likeness (QED) is 0.408. The van der Waals surface area contributed by atoms with Crippen LogP contribution in [0.25, 0.3) is 0 Å². The average molecular weight is 683 g/mol. The largest absolute Gasteiger partial charge is 0.444 e. The Kier molecular flexibility index (Phi) is 8.83. The lowest BCUT2D eigenvalue weighted by molar-refractivity contribution is -0.140. The van der Waals surface area contributed by atoms with E-state index in [-0.39, 0.29) is 32.5 Å². The number of allylic oxidation sites excluding steroid dienone is 1. The van der Waals surface area contributed by atoms with Crippen LogP contribution in [-0.4, -0.2) is 77.6 Å². The summed E-state index contributed by atoms with van der Waals surface area (Å²) in [6.07, 6.45) is 7.09. The molecule has 0 bridgehead atoms. The maximum Gasteiger partial charge on any atom is 0.410 e. The SMILES string of the molecule is NC1CCCCC/C=C\[C@H]2C[C@@]2(C(=O)NS(=O)(=O)C2CC2)NC(=O)[C@@H]2C[C@@H](OC(=O)N3Cc4c(Cl)ccc(Cl)c4C3)CN2C1=O. The van der Waals surface area contributed by atoms with Crippen LogP contribution in [0.3, 0.4) is 0 Å². The number of benzene rings is 1. The third-order valence-electron chi connectivity index (χ3n) is 9.42. The molecule has 5 aliphatic rings. The zero-order chi connectivity index (χ0) is 32.1. The predicted octanol–water partition coefficient (Wildman–Crippen LogP) is 2.75. The molecule has 3 aliphatic heterocycles. The maximum atomic E-state index is 13.9. The van der Waals surface area contributed by atoms with Gasteiger partial charge in [0.2, 0.25) is 21.8 Å². The smallest absolute Gasteiger partial charge is 0.410 e. The molecule has 1 saturated heterocycles. The summed E-state index contributed by atoms with van der Waals surface area (Å²) in [5, 5.41) is 3.16. The average Bonchev–Trinajstić information content (AvgIpc) is 3.87. The fraction of sp³-hybridized carbons (Fsp3) is 0.600. The van der Waals surface area contributed by atoms with E-state index in [4.69, 9.17) is 33.7 Å². The second-order valence-corrected chi connectivity index (χ2v) is 15.5. The van der Waals surface area contributed by atoms with Crippen molar-refractivity contribution >= 4 is 57.0 Å². The van der Waals surface area contributed by atoms with Gasteiger partial charge < -0.3 is 20.7 Å². The highest BCUT2D eigenvalue weighted by Crippen LogP contribution is 2.46. The summed E-state index contributed by atoms with van der Waals surface area (Å²) >= 11 is 12.6. The van der Waals surface area contributed by atoms with Gasteiger partial charge in [-0.1, -0.05) is 48.2 Å². The van der Waals surface area contributed by atoms with Gasteiger partial charge in [0, 0.05) is 22.4 Å². The molecule has 12 nitrogen and oxygen atoms in total. The summed E-state index contributed by atoms with van der Waals surface area (Å²) in [7, 11) is -3.85. The normalized spacial score (nSPS) is 31.1. The van der Waals surface area contributed by atoms with Gasteiger partial charge in [0.15, 0.2) is 0 Å². The summed E-state index contributed by atoms with van der Waals surface area (Å²) < 4.78 is 33.2. The predicted molar refractivity (Wildman–Crippen MR) is 165 cm³/mol. The Labute approximate surface area is 272 Å². The van der Waals surface area contributed by atoms with Crippen molar-refractivity contribution in [3.8, 4) is 0 Å². The number of amides is 4. The Morgan fingerprint density at radius 1 is 1.04 bits per heavy atom. The standard InChI is InChI=1S/C30H37Cl2N5O7S/c31-22-10-11-23(32)21-16-36(15-20(21)22)29(41)44-18-12-25-26(38)34-30(28(40)35-45(42,43)19-8-9-19)13-17(30)6-4-2-1-3-5-7-24(33)27(39)37(25)14-18/h4,6,10-11,17-19,24-25H,1-3,5,7-9,12-16,33H2,(H,34,38)(H,35,40)/b6-4-/t17-,18+,24?,25-,30+/m0/s1. The van der Waals surface area contributed by atoms with Crippen molar-refractivity contribution in [1.82, 2.24) is 19.8 Å². The number of nitrogens with two attached hydrogens (primary N) is 1. The highest BCUT2D eigenvalue weighted by molar-refractivity contribution is 7.91. The molecular weight excluding hydrogens is 645 g/mol. The molecule has 45 heavy (non-hydrogen) atoms. The van der Waals surface area contributed by atoms with Crippen LogP contribution in [0, 0.1) is 5.92 Å². The second-order valence-electron chi connectivity index (χ2n) is 12.7. The van der Waals surface area contributed by atoms with Gasteiger partial charge in [-0.25, -0.2) is 13.2 Å². The number of hydrogen-bond donors (Lipinski definition) is 3. The number of ether oxygens (including phenoxy) is 1. The Morgan fingerprint density at radius 2 is 1.73 bits per heavy atom. The van der Waals surface area contributed by atoms with Gasteiger partial charge in [-0.2, -0.15) is 0 Å². The van der Waals surface area contributed by atoms with Crippen molar-refractivity contribution in [3.05, 3.63) is 45.5 Å². The van der Waals surface area contributed by atoms with Gasteiger partial charge in [-0.3, -0.25) is 24.0 Å². The monoisotopic (exact) mass is 681 g/mol. The molecule has 2 aliphatic carbocycles. The fourth-order valence-corrected chi connectivity index (χ4v) is 8.34. The molecule has 1 unspecified atom stereocenters. The Bertz CT molecular complexity index is 1520. The third kappa shape index (κ3) is 6.54. The van der Waals surface area contributed by atoms with Crippen molar-refractivity contribution in [3.63, 3.8) is 0 Å². The van der Waals surface area contributed by atoms with Gasteiger partial charge in [-0.05, 0) is 61.8 Å². The van der Waals surface area contributed by atoms with Crippen molar-refractivity contribution < 1.29 is 32.3 Å². The number of fused-ring (bicyclic) bond motifs is 3. The highest BCUT2D eigenvalue weighted by Gasteiger charge is 2.62. The van der Waals surface area contributed by atoms with Crippen LogP contribution < -0.4 is 15.8 Å². The minimum absolute atomic E-state index is 0.0170. The van der Waals surface area contributed by atoms with Crippen LogP contribution in [0.2, 0.25) is 10.0 Å². The number of nitrogens with zero attached hydrogens (tertiary/aromatic N) is 2. The van der Waals surface area contributed by atoms with Crippen molar-refractivity contribution in [2.75, 3.05) is 6.54 Å². The lowest BCUT2D eigenvalue weighted by Gasteiger charge is -2.28. The van der Waals surface area contributed by atoms with Crippen LogP contribution >= 0.6 is 23.2 Å². The number of hydrogen-bond acceptors (Lipinski definition) is 8. The lowest BCUT2D eigenvalue weighted by atomic mass is 10.1. The van der Waals surface area contributed by atoms with Gasteiger partial charge in [-0.15, -0.1) is 0 Å². The molecular formula is C30H37Cl2N5O7S. The van der Waals surface area contributed by atoms with E-state index in [9.17, 15) is 27.6 Å². The van der Waals surface area contributed by atoms with Crippen molar-refractivity contribution in [1.29, 1.82) is 0 Å². The topological polar surface area (TPSA) is 168 Å². The Hall–Kier alpha value is -2.87. The molecule has 244 valence electrons. The molecule has 4 N–H and O–H groups in total. The number of sulfonamides is 1. The molecule has 3 fully saturated rings. The van der Waals surface area contributed by atoms with Crippen LogP contribution in [0.15, 0.2) is 24.3 Å². The molecule has 15 heteroatoms.